The first-order valence-corrected chi connectivity index (χ1v) is 2.68. The topological polar surface area (TPSA) is 65.2 Å². The number of aliphatic imine (C=N–C) groups is 2. The number of rotatable bonds is 3. The molecule has 0 atom stereocenters. The summed E-state index contributed by atoms with van der Waals surface area (Å²) in [7, 11) is -1.44. The van der Waals surface area contributed by atoms with Gasteiger partial charge in [-0.2, -0.15) is 0 Å². The van der Waals surface area contributed by atoms with Gasteiger partial charge in [0.15, 0.2) is 0 Å². The van der Waals surface area contributed by atoms with Gasteiger partial charge in [-0.15, -0.1) is 0 Å². The van der Waals surface area contributed by atoms with Crippen LogP contribution in [0.5, 0.6) is 0 Å². The van der Waals surface area contributed by atoms with E-state index in [9.17, 15) is 0 Å². The number of allylic oxidation sites excluding steroid dienone is 1. The molecule has 0 bridgehead atoms. The molecule has 4 nitrogen and oxygen atoms in total. The molecule has 0 radical (unpaired) electrons. The lowest BCUT2D eigenvalue weighted by molar-refractivity contribution is 0.419. The Hall–Kier alpha value is -0.935. The van der Waals surface area contributed by atoms with Gasteiger partial charge in [0.05, 0.1) is 0 Å². The molecule has 2 N–H and O–H groups in total. The molecule has 0 rings (SSSR count). The Kier molecular flexibility index (Phi) is 4.44. The highest BCUT2D eigenvalue weighted by molar-refractivity contribution is 6.50. The van der Waals surface area contributed by atoms with Gasteiger partial charge in [-0.3, -0.25) is 4.99 Å². The first-order chi connectivity index (χ1) is 4.68. The molecular formula is C5H9BN2O2. The summed E-state index contributed by atoms with van der Waals surface area (Å²) in [6, 6.07) is 0. The zero-order valence-electron chi connectivity index (χ0n) is 5.73. The monoisotopic (exact) mass is 140 g/mol. The molecule has 0 aliphatic carbocycles. The quantitative estimate of drug-likeness (QED) is 0.319. The van der Waals surface area contributed by atoms with Crippen molar-refractivity contribution in [3.05, 3.63) is 11.7 Å². The number of nitrogens with zero attached hydrogens (tertiary/aromatic N) is 2. The van der Waals surface area contributed by atoms with Gasteiger partial charge in [0.1, 0.15) is 6.34 Å². The molecule has 0 fully saturated rings. The van der Waals surface area contributed by atoms with E-state index < -0.39 is 7.12 Å². The summed E-state index contributed by atoms with van der Waals surface area (Å²) in [6.07, 6.45) is 2.52. The molecule has 0 heterocycles. The molecule has 0 saturated heterocycles. The molecule has 5 heteroatoms. The Morgan fingerprint density at radius 3 is 2.60 bits per heavy atom. The van der Waals surface area contributed by atoms with Gasteiger partial charge < -0.3 is 10.0 Å². The van der Waals surface area contributed by atoms with Crippen LogP contribution in [0.25, 0.3) is 0 Å². The molecule has 0 spiro atoms. The Bertz CT molecular complexity index is 165. The van der Waals surface area contributed by atoms with Crippen LogP contribution in [0.15, 0.2) is 21.7 Å². The molecule has 0 saturated carbocycles. The first kappa shape index (κ1) is 9.06. The lowest BCUT2D eigenvalue weighted by atomic mass is 9.82. The molecule has 54 valence electrons. The summed E-state index contributed by atoms with van der Waals surface area (Å²) >= 11 is 0. The standard InChI is InChI=1S/C5H9BN2O2/c1-5(6(9)10)3-8-4-7-2/h3-4,9-10H,2H2,1H3/b5-3+,8-4?. The van der Waals surface area contributed by atoms with Crippen LogP contribution in [0.3, 0.4) is 0 Å². The van der Waals surface area contributed by atoms with Crippen molar-refractivity contribution >= 4 is 20.2 Å². The summed E-state index contributed by atoms with van der Waals surface area (Å²) in [6.45, 7) is 4.70. The Morgan fingerprint density at radius 2 is 2.20 bits per heavy atom. The maximum atomic E-state index is 8.49. The van der Waals surface area contributed by atoms with E-state index in [0.717, 1.165) is 0 Å². The predicted molar refractivity (Wildman–Crippen MR) is 42.0 cm³/mol. The van der Waals surface area contributed by atoms with Crippen molar-refractivity contribution in [1.82, 2.24) is 0 Å². The normalized spacial score (nSPS) is 12.1. The van der Waals surface area contributed by atoms with Gasteiger partial charge in [0, 0.05) is 6.20 Å². The number of hydrogen-bond donors (Lipinski definition) is 2. The van der Waals surface area contributed by atoms with E-state index in [1.165, 1.54) is 12.5 Å². The molecule has 0 aromatic heterocycles. The van der Waals surface area contributed by atoms with Gasteiger partial charge in [0.2, 0.25) is 0 Å². The maximum Gasteiger partial charge on any atom is 0.485 e. The zero-order chi connectivity index (χ0) is 7.98. The SMILES string of the molecule is C=NC=N/C=C(\C)B(O)O. The molecule has 0 aliphatic heterocycles. The van der Waals surface area contributed by atoms with Crippen molar-refractivity contribution in [2.45, 2.75) is 6.92 Å². The third-order valence-electron chi connectivity index (χ3n) is 0.834. The number of hydrogen-bond acceptors (Lipinski definition) is 3. The largest absolute Gasteiger partial charge is 0.485 e. The van der Waals surface area contributed by atoms with Gasteiger partial charge in [0.25, 0.3) is 0 Å². The second-order valence-electron chi connectivity index (χ2n) is 1.69. The van der Waals surface area contributed by atoms with Crippen molar-refractivity contribution in [2.75, 3.05) is 0 Å². The van der Waals surface area contributed by atoms with Crippen molar-refractivity contribution in [3.8, 4) is 0 Å². The molecule has 0 amide bonds. The van der Waals surface area contributed by atoms with E-state index >= 15 is 0 Å². The fraction of sp³-hybridized carbons (Fsp3) is 0.200. The highest BCUT2D eigenvalue weighted by atomic mass is 16.4. The third kappa shape index (κ3) is 4.00. The second-order valence-corrected chi connectivity index (χ2v) is 1.69. The van der Waals surface area contributed by atoms with Crippen molar-refractivity contribution in [3.63, 3.8) is 0 Å². The molecule has 0 aromatic rings. The summed E-state index contributed by atoms with van der Waals surface area (Å²) < 4.78 is 0. The lowest BCUT2D eigenvalue weighted by Gasteiger charge is -1.92. The minimum atomic E-state index is -1.44. The van der Waals surface area contributed by atoms with E-state index in [2.05, 4.69) is 16.7 Å². The second kappa shape index (κ2) is 4.90. The summed E-state index contributed by atoms with van der Waals surface area (Å²) in [5.41, 5.74) is 0.361. The fourth-order valence-electron chi connectivity index (χ4n) is 0.265. The van der Waals surface area contributed by atoms with Gasteiger partial charge in [-0.05, 0) is 19.1 Å². The van der Waals surface area contributed by atoms with Crippen LogP contribution in [-0.2, 0) is 0 Å². The third-order valence-corrected chi connectivity index (χ3v) is 0.834. The summed E-state index contributed by atoms with van der Waals surface area (Å²) in [4.78, 5) is 6.89. The lowest BCUT2D eigenvalue weighted by Crippen LogP contribution is -2.12. The average Bonchev–Trinajstić information content (AvgIpc) is 1.88. The maximum absolute atomic E-state index is 8.49. The molecule has 10 heavy (non-hydrogen) atoms. The van der Waals surface area contributed by atoms with Gasteiger partial charge in [-0.1, -0.05) is 0 Å². The Balaban J connectivity index is 3.91. The van der Waals surface area contributed by atoms with Crippen molar-refractivity contribution < 1.29 is 10.0 Å². The fourth-order valence-corrected chi connectivity index (χ4v) is 0.265. The van der Waals surface area contributed by atoms with Crippen molar-refractivity contribution in [2.24, 2.45) is 9.98 Å². The highest BCUT2D eigenvalue weighted by Crippen LogP contribution is 1.92. The van der Waals surface area contributed by atoms with Crippen LogP contribution in [0.2, 0.25) is 0 Å². The molecule has 0 unspecified atom stereocenters. The van der Waals surface area contributed by atoms with Crippen LogP contribution in [0, 0.1) is 0 Å². The molecular weight excluding hydrogens is 131 g/mol. The van der Waals surface area contributed by atoms with Crippen LogP contribution in [0.1, 0.15) is 6.92 Å². The average molecular weight is 140 g/mol. The minimum absolute atomic E-state index is 0.361. The van der Waals surface area contributed by atoms with Gasteiger partial charge in [-0.25, -0.2) is 4.99 Å². The van der Waals surface area contributed by atoms with E-state index in [4.69, 9.17) is 10.0 Å². The molecule has 0 aliphatic rings. The smallest absolute Gasteiger partial charge is 0.423 e. The summed E-state index contributed by atoms with van der Waals surface area (Å²) in [5, 5.41) is 17.0. The van der Waals surface area contributed by atoms with Crippen LogP contribution in [0.4, 0.5) is 0 Å². The predicted octanol–water partition coefficient (Wildman–Crippen LogP) is -0.369. The Morgan fingerprint density at radius 1 is 1.60 bits per heavy atom. The van der Waals surface area contributed by atoms with Crippen LogP contribution >= 0.6 is 0 Å². The van der Waals surface area contributed by atoms with Crippen LogP contribution in [-0.4, -0.2) is 30.2 Å². The first-order valence-electron chi connectivity index (χ1n) is 2.68. The minimum Gasteiger partial charge on any atom is -0.423 e. The molecule has 0 aromatic carbocycles. The van der Waals surface area contributed by atoms with Gasteiger partial charge >= 0.3 is 7.12 Å². The zero-order valence-corrected chi connectivity index (χ0v) is 5.73. The van der Waals surface area contributed by atoms with E-state index in [1.807, 2.05) is 0 Å². The Labute approximate surface area is 59.8 Å². The van der Waals surface area contributed by atoms with E-state index in [0.29, 0.717) is 5.47 Å². The van der Waals surface area contributed by atoms with E-state index in [-0.39, 0.29) is 0 Å². The van der Waals surface area contributed by atoms with E-state index in [1.54, 1.807) is 6.92 Å². The van der Waals surface area contributed by atoms with Crippen LogP contribution < -0.4 is 0 Å². The summed E-state index contributed by atoms with van der Waals surface area (Å²) in [5.74, 6) is 0. The van der Waals surface area contributed by atoms with Crippen molar-refractivity contribution in [1.29, 1.82) is 0 Å². The highest BCUT2D eigenvalue weighted by Gasteiger charge is 2.07.